The third-order valence-corrected chi connectivity index (χ3v) is 5.68. The van der Waals surface area contributed by atoms with Crippen LogP contribution in [0.1, 0.15) is 21.1 Å². The van der Waals surface area contributed by atoms with Crippen molar-refractivity contribution in [2.24, 2.45) is 5.14 Å². The monoisotopic (exact) mass is 323 g/mol. The number of hydrogen-bond donors (Lipinski definition) is 1. The minimum atomic E-state index is -3.66. The highest BCUT2D eigenvalue weighted by molar-refractivity contribution is 7.89. The van der Waals surface area contributed by atoms with Gasteiger partial charge in [0.1, 0.15) is 0 Å². The Balaban J connectivity index is 1.94. The Hall–Kier alpha value is -1.44. The molecule has 2 heterocycles. The van der Waals surface area contributed by atoms with E-state index in [2.05, 4.69) is 9.88 Å². The van der Waals surface area contributed by atoms with Crippen LogP contribution in [-0.4, -0.2) is 19.9 Å². The first-order chi connectivity index (χ1) is 9.84. The molecule has 0 bridgehead atoms. The molecule has 3 rings (SSSR count). The average molecular weight is 323 g/mol. The lowest BCUT2D eigenvalue weighted by Gasteiger charge is -2.19. The van der Waals surface area contributed by atoms with Gasteiger partial charge in [0.05, 0.1) is 22.1 Å². The zero-order valence-electron chi connectivity index (χ0n) is 12.0. The third-order valence-electron chi connectivity index (χ3n) is 3.71. The number of sulfonamides is 1. The van der Waals surface area contributed by atoms with Gasteiger partial charge in [0.25, 0.3) is 0 Å². The van der Waals surface area contributed by atoms with Gasteiger partial charge in [0.15, 0.2) is 0 Å². The van der Waals surface area contributed by atoms with Crippen LogP contribution >= 0.6 is 11.3 Å². The summed E-state index contributed by atoms with van der Waals surface area (Å²) in [5, 5.41) is 6.28. The van der Waals surface area contributed by atoms with Gasteiger partial charge in [-0.15, -0.1) is 11.3 Å². The largest absolute Gasteiger partial charge is 0.366 e. The number of aryl methyl sites for hydroxylation is 2. The summed E-state index contributed by atoms with van der Waals surface area (Å²) in [7, 11) is -3.66. The zero-order valence-corrected chi connectivity index (χ0v) is 13.6. The number of hydrogen-bond acceptors (Lipinski definition) is 5. The second-order valence-corrected chi connectivity index (χ2v) is 8.10. The van der Waals surface area contributed by atoms with E-state index in [0.717, 1.165) is 35.9 Å². The molecule has 112 valence electrons. The molecule has 0 unspecified atom stereocenters. The summed E-state index contributed by atoms with van der Waals surface area (Å²) in [5.41, 5.74) is 3.18. The molecule has 1 aromatic heterocycles. The highest BCUT2D eigenvalue weighted by atomic mass is 32.2. The van der Waals surface area contributed by atoms with E-state index in [0.29, 0.717) is 0 Å². The topological polar surface area (TPSA) is 76.3 Å². The molecule has 7 heteroatoms. The number of thiazole rings is 1. The Morgan fingerprint density at radius 3 is 2.76 bits per heavy atom. The number of aromatic nitrogens is 1. The van der Waals surface area contributed by atoms with Gasteiger partial charge < -0.3 is 4.90 Å². The van der Waals surface area contributed by atoms with Gasteiger partial charge in [-0.25, -0.2) is 18.5 Å². The van der Waals surface area contributed by atoms with E-state index in [1.807, 2.05) is 19.9 Å². The van der Waals surface area contributed by atoms with Crippen LogP contribution in [-0.2, 0) is 23.0 Å². The number of fused-ring (bicyclic) bond motifs is 1. The maximum absolute atomic E-state index is 11.5. The van der Waals surface area contributed by atoms with E-state index in [1.165, 1.54) is 10.4 Å². The fourth-order valence-corrected chi connectivity index (χ4v) is 4.15. The van der Waals surface area contributed by atoms with Gasteiger partial charge in [-0.2, -0.15) is 0 Å². The fourth-order valence-electron chi connectivity index (χ4n) is 2.66. The summed E-state index contributed by atoms with van der Waals surface area (Å²) in [5.74, 6) is 0. The summed E-state index contributed by atoms with van der Waals surface area (Å²) < 4.78 is 23.0. The summed E-state index contributed by atoms with van der Waals surface area (Å²) in [4.78, 5) is 8.04. The molecular formula is C14H17N3O2S2. The standard InChI is InChI=1S/C14H17N3O2S2/c1-9-14(20-10(2)16-9)8-17-6-5-11-3-4-12(7-13(11)17)21(15,18)19/h3-4,7H,5-6,8H2,1-2H3,(H2,15,18,19). The van der Waals surface area contributed by atoms with Crippen molar-refractivity contribution in [3.63, 3.8) is 0 Å². The first-order valence-corrected chi connectivity index (χ1v) is 9.04. The second kappa shape index (κ2) is 5.08. The quantitative estimate of drug-likeness (QED) is 0.937. The molecule has 0 fully saturated rings. The molecule has 0 saturated carbocycles. The van der Waals surface area contributed by atoms with Crippen LogP contribution in [0.2, 0.25) is 0 Å². The number of nitrogens with two attached hydrogens (primary N) is 1. The third kappa shape index (κ3) is 2.81. The molecule has 5 nitrogen and oxygen atoms in total. The highest BCUT2D eigenvalue weighted by Gasteiger charge is 2.22. The molecule has 0 saturated heterocycles. The van der Waals surface area contributed by atoms with Gasteiger partial charge in [-0.05, 0) is 38.0 Å². The predicted molar refractivity (Wildman–Crippen MR) is 84.2 cm³/mol. The zero-order chi connectivity index (χ0) is 15.2. The fraction of sp³-hybridized carbons (Fsp3) is 0.357. The van der Waals surface area contributed by atoms with Crippen molar-refractivity contribution in [1.29, 1.82) is 0 Å². The minimum Gasteiger partial charge on any atom is -0.366 e. The van der Waals surface area contributed by atoms with Crippen LogP contribution in [0, 0.1) is 13.8 Å². The maximum atomic E-state index is 11.5. The van der Waals surface area contributed by atoms with Gasteiger partial charge in [0.2, 0.25) is 10.0 Å². The molecule has 0 atom stereocenters. The second-order valence-electron chi connectivity index (χ2n) is 5.25. The molecule has 1 aliphatic rings. The number of rotatable bonds is 3. The van der Waals surface area contributed by atoms with Gasteiger partial charge in [-0.1, -0.05) is 6.07 Å². The summed E-state index contributed by atoms with van der Waals surface area (Å²) >= 11 is 1.69. The highest BCUT2D eigenvalue weighted by Crippen LogP contribution is 2.32. The molecule has 21 heavy (non-hydrogen) atoms. The Morgan fingerprint density at radius 2 is 2.14 bits per heavy atom. The van der Waals surface area contributed by atoms with E-state index in [4.69, 9.17) is 5.14 Å². The van der Waals surface area contributed by atoms with Crippen molar-refractivity contribution in [3.8, 4) is 0 Å². The molecule has 0 spiro atoms. The summed E-state index contributed by atoms with van der Waals surface area (Å²) in [6.45, 7) is 5.66. The number of anilines is 1. The Morgan fingerprint density at radius 1 is 1.38 bits per heavy atom. The molecule has 2 aromatic rings. The van der Waals surface area contributed by atoms with E-state index < -0.39 is 10.0 Å². The number of primary sulfonamides is 1. The molecule has 0 aliphatic carbocycles. The van der Waals surface area contributed by atoms with Crippen molar-refractivity contribution < 1.29 is 8.42 Å². The van der Waals surface area contributed by atoms with Crippen LogP contribution in [0.25, 0.3) is 0 Å². The van der Waals surface area contributed by atoms with Gasteiger partial charge >= 0.3 is 0 Å². The van der Waals surface area contributed by atoms with E-state index in [1.54, 1.807) is 23.5 Å². The lowest BCUT2D eigenvalue weighted by Crippen LogP contribution is -2.20. The molecular weight excluding hydrogens is 306 g/mol. The number of benzene rings is 1. The lowest BCUT2D eigenvalue weighted by molar-refractivity contribution is 0.598. The van der Waals surface area contributed by atoms with Crippen molar-refractivity contribution in [2.75, 3.05) is 11.4 Å². The van der Waals surface area contributed by atoms with Crippen LogP contribution < -0.4 is 10.0 Å². The molecule has 1 aromatic carbocycles. The first kappa shape index (κ1) is 14.5. The first-order valence-electron chi connectivity index (χ1n) is 6.68. The SMILES string of the molecule is Cc1nc(C)c(CN2CCc3ccc(S(N)(=O)=O)cc32)s1. The molecule has 0 radical (unpaired) electrons. The van der Waals surface area contributed by atoms with Crippen LogP contribution in [0.4, 0.5) is 5.69 Å². The molecule has 1 aliphatic heterocycles. The Bertz CT molecular complexity index is 797. The predicted octanol–water partition coefficient (Wildman–Crippen LogP) is 1.97. The van der Waals surface area contributed by atoms with Crippen LogP contribution in [0.3, 0.4) is 0 Å². The van der Waals surface area contributed by atoms with E-state index in [9.17, 15) is 8.42 Å². The minimum absolute atomic E-state index is 0.172. The van der Waals surface area contributed by atoms with E-state index in [-0.39, 0.29) is 4.90 Å². The van der Waals surface area contributed by atoms with Crippen molar-refractivity contribution in [1.82, 2.24) is 4.98 Å². The van der Waals surface area contributed by atoms with E-state index >= 15 is 0 Å². The van der Waals surface area contributed by atoms with Crippen molar-refractivity contribution in [3.05, 3.63) is 39.3 Å². The number of nitrogens with zero attached hydrogens (tertiary/aromatic N) is 2. The summed E-state index contributed by atoms with van der Waals surface area (Å²) in [6, 6.07) is 5.13. The normalized spacial score (nSPS) is 14.5. The van der Waals surface area contributed by atoms with Gasteiger partial charge in [-0.3, -0.25) is 0 Å². The lowest BCUT2D eigenvalue weighted by atomic mass is 10.2. The Kier molecular flexibility index (Phi) is 3.51. The van der Waals surface area contributed by atoms with Crippen molar-refractivity contribution >= 4 is 27.0 Å². The van der Waals surface area contributed by atoms with Crippen LogP contribution in [0.5, 0.6) is 0 Å². The summed E-state index contributed by atoms with van der Waals surface area (Å²) in [6.07, 6.45) is 0.928. The smallest absolute Gasteiger partial charge is 0.238 e. The molecule has 2 N–H and O–H groups in total. The van der Waals surface area contributed by atoms with Crippen LogP contribution in [0.15, 0.2) is 23.1 Å². The maximum Gasteiger partial charge on any atom is 0.238 e. The average Bonchev–Trinajstić information content (AvgIpc) is 2.93. The van der Waals surface area contributed by atoms with Gasteiger partial charge in [0, 0.05) is 17.1 Å². The van der Waals surface area contributed by atoms with Crippen molar-refractivity contribution in [2.45, 2.75) is 31.7 Å². The Labute approximate surface area is 128 Å². The molecule has 0 amide bonds.